The highest BCUT2D eigenvalue weighted by Gasteiger charge is 2.23. The lowest BCUT2D eigenvalue weighted by molar-refractivity contribution is -0.159. The molecule has 0 saturated heterocycles. The maximum atomic E-state index is 9.10. The average Bonchev–Trinajstić information content (AvgIpc) is 3.12. The number of nitrogens with zero attached hydrogens (tertiary/aromatic N) is 3. The van der Waals surface area contributed by atoms with E-state index in [0.29, 0.717) is 12.5 Å². The molecule has 0 aliphatic heterocycles. The molecule has 3 rings (SSSR count). The van der Waals surface area contributed by atoms with E-state index in [4.69, 9.17) is 35.6 Å². The number of para-hydroxylation sites is 1. The molecule has 9 heteroatoms. The lowest BCUT2D eigenvalue weighted by Crippen LogP contribution is -2.12. The molecular formula is C18H24N4O4S. The molecule has 0 spiro atoms. The summed E-state index contributed by atoms with van der Waals surface area (Å²) >= 11 is 1.65. The maximum absolute atomic E-state index is 9.10. The number of rotatable bonds is 5. The van der Waals surface area contributed by atoms with Crippen molar-refractivity contribution in [1.29, 1.82) is 0 Å². The number of hydrogen-bond donors (Lipinski definition) is 3. The predicted molar refractivity (Wildman–Crippen MR) is 102 cm³/mol. The standard InChI is InChI=1S/C16H22N4S.C2H2O4/c17-11-12-21-16-18-15(13-7-3-1-4-8-13)20(19-16)14-9-5-2-6-10-14;3-1(4)2(5)6/h2,5-6,9-10,13H,1,3-4,7-8,11-12,17H2;(H,3,4)(H,5,6). The Kier molecular flexibility index (Phi) is 8.28. The van der Waals surface area contributed by atoms with Gasteiger partial charge in [0.2, 0.25) is 5.16 Å². The number of aromatic nitrogens is 3. The molecule has 1 aliphatic rings. The van der Waals surface area contributed by atoms with Crippen LogP contribution in [0.1, 0.15) is 43.8 Å². The average molecular weight is 392 g/mol. The predicted octanol–water partition coefficient (Wildman–Crippen LogP) is 2.52. The first-order valence-corrected chi connectivity index (χ1v) is 9.83. The minimum absolute atomic E-state index is 0.540. The van der Waals surface area contributed by atoms with Gasteiger partial charge in [-0.2, -0.15) is 0 Å². The van der Waals surface area contributed by atoms with E-state index in [1.54, 1.807) is 11.8 Å². The second-order valence-electron chi connectivity index (χ2n) is 6.08. The van der Waals surface area contributed by atoms with Crippen LogP contribution in [0.5, 0.6) is 0 Å². The zero-order valence-corrected chi connectivity index (χ0v) is 15.8. The zero-order valence-electron chi connectivity index (χ0n) is 15.0. The van der Waals surface area contributed by atoms with E-state index in [-0.39, 0.29) is 0 Å². The quantitative estimate of drug-likeness (QED) is 0.522. The van der Waals surface area contributed by atoms with E-state index in [0.717, 1.165) is 22.4 Å². The molecule has 27 heavy (non-hydrogen) atoms. The summed E-state index contributed by atoms with van der Waals surface area (Å²) in [7, 11) is 0. The fourth-order valence-corrected chi connectivity index (χ4v) is 3.50. The third-order valence-electron chi connectivity index (χ3n) is 4.12. The second-order valence-corrected chi connectivity index (χ2v) is 7.14. The first kappa shape index (κ1) is 20.9. The normalized spacial score (nSPS) is 14.3. The zero-order chi connectivity index (χ0) is 19.6. The molecular weight excluding hydrogens is 368 g/mol. The van der Waals surface area contributed by atoms with Crippen molar-refractivity contribution >= 4 is 23.7 Å². The molecule has 0 unspecified atom stereocenters. The third-order valence-corrected chi connectivity index (χ3v) is 4.99. The number of nitrogens with two attached hydrogens (primary N) is 1. The van der Waals surface area contributed by atoms with Crippen molar-refractivity contribution in [2.75, 3.05) is 12.3 Å². The van der Waals surface area contributed by atoms with Crippen molar-refractivity contribution in [2.45, 2.75) is 43.2 Å². The highest BCUT2D eigenvalue weighted by Crippen LogP contribution is 2.33. The lowest BCUT2D eigenvalue weighted by Gasteiger charge is -2.21. The Hall–Kier alpha value is -2.39. The van der Waals surface area contributed by atoms with Gasteiger partial charge in [0.1, 0.15) is 5.82 Å². The topological polar surface area (TPSA) is 131 Å². The minimum Gasteiger partial charge on any atom is -0.473 e. The Morgan fingerprint density at radius 1 is 1.11 bits per heavy atom. The van der Waals surface area contributed by atoms with Gasteiger partial charge < -0.3 is 15.9 Å². The van der Waals surface area contributed by atoms with Crippen LogP contribution in [0.3, 0.4) is 0 Å². The summed E-state index contributed by atoms with van der Waals surface area (Å²) in [5, 5.41) is 20.3. The largest absolute Gasteiger partial charge is 0.473 e. The molecule has 1 saturated carbocycles. The number of thioether (sulfide) groups is 1. The van der Waals surface area contributed by atoms with Gasteiger partial charge in [-0.05, 0) is 25.0 Å². The number of carboxylic acids is 2. The van der Waals surface area contributed by atoms with E-state index >= 15 is 0 Å². The summed E-state index contributed by atoms with van der Waals surface area (Å²) < 4.78 is 2.04. The van der Waals surface area contributed by atoms with E-state index in [9.17, 15) is 0 Å². The molecule has 8 nitrogen and oxygen atoms in total. The van der Waals surface area contributed by atoms with Crippen LogP contribution in [0.25, 0.3) is 5.69 Å². The van der Waals surface area contributed by atoms with Gasteiger partial charge in [0.15, 0.2) is 0 Å². The summed E-state index contributed by atoms with van der Waals surface area (Å²) in [6, 6.07) is 10.3. The van der Waals surface area contributed by atoms with Crippen LogP contribution in [-0.2, 0) is 9.59 Å². The van der Waals surface area contributed by atoms with Gasteiger partial charge in [-0.3, -0.25) is 0 Å². The van der Waals surface area contributed by atoms with Crippen molar-refractivity contribution < 1.29 is 19.8 Å². The van der Waals surface area contributed by atoms with Gasteiger partial charge in [-0.1, -0.05) is 49.2 Å². The van der Waals surface area contributed by atoms with Crippen LogP contribution in [-0.4, -0.2) is 49.2 Å². The van der Waals surface area contributed by atoms with E-state index in [1.165, 1.54) is 32.1 Å². The Labute approximate surface area is 161 Å². The molecule has 1 heterocycles. The molecule has 1 aliphatic carbocycles. The van der Waals surface area contributed by atoms with Crippen molar-refractivity contribution in [2.24, 2.45) is 5.73 Å². The van der Waals surface area contributed by atoms with E-state index < -0.39 is 11.9 Å². The van der Waals surface area contributed by atoms with Crippen molar-refractivity contribution in [3.05, 3.63) is 36.2 Å². The Morgan fingerprint density at radius 3 is 2.30 bits per heavy atom. The van der Waals surface area contributed by atoms with Crippen LogP contribution >= 0.6 is 11.8 Å². The van der Waals surface area contributed by atoms with Gasteiger partial charge in [-0.15, -0.1) is 5.10 Å². The molecule has 2 aromatic rings. The summed E-state index contributed by atoms with van der Waals surface area (Å²) in [5.74, 6) is -1.12. The van der Waals surface area contributed by atoms with Gasteiger partial charge in [-0.25, -0.2) is 19.3 Å². The molecule has 0 atom stereocenters. The molecule has 0 radical (unpaired) electrons. The van der Waals surface area contributed by atoms with Gasteiger partial charge >= 0.3 is 11.9 Å². The van der Waals surface area contributed by atoms with Crippen LogP contribution < -0.4 is 5.73 Å². The Morgan fingerprint density at radius 2 is 1.74 bits per heavy atom. The van der Waals surface area contributed by atoms with Crippen molar-refractivity contribution in [3.8, 4) is 5.69 Å². The summed E-state index contributed by atoms with van der Waals surface area (Å²) in [4.78, 5) is 23.0. The first-order chi connectivity index (χ1) is 13.0. The molecule has 0 amide bonds. The highest BCUT2D eigenvalue weighted by atomic mass is 32.2. The third kappa shape index (κ3) is 6.37. The fraction of sp³-hybridized carbons (Fsp3) is 0.444. The van der Waals surface area contributed by atoms with E-state index in [2.05, 4.69) is 12.1 Å². The van der Waals surface area contributed by atoms with Crippen LogP contribution in [0, 0.1) is 0 Å². The smallest absolute Gasteiger partial charge is 0.414 e. The van der Waals surface area contributed by atoms with Crippen molar-refractivity contribution in [1.82, 2.24) is 14.8 Å². The molecule has 1 aromatic carbocycles. The van der Waals surface area contributed by atoms with Crippen LogP contribution in [0.4, 0.5) is 0 Å². The molecule has 4 N–H and O–H groups in total. The SMILES string of the molecule is NCCSc1nc(C2CCCCC2)n(-c2ccccc2)n1.O=C(O)C(=O)O. The van der Waals surface area contributed by atoms with Gasteiger partial charge in [0, 0.05) is 18.2 Å². The second kappa shape index (κ2) is 10.7. The van der Waals surface area contributed by atoms with E-state index in [1.807, 2.05) is 22.9 Å². The minimum atomic E-state index is -1.82. The molecule has 146 valence electrons. The van der Waals surface area contributed by atoms with Crippen molar-refractivity contribution in [3.63, 3.8) is 0 Å². The Balaban J connectivity index is 0.000000380. The number of aliphatic carboxylic acids is 2. The summed E-state index contributed by atoms with van der Waals surface area (Å²) in [6.07, 6.45) is 6.42. The fourth-order valence-electron chi connectivity index (χ4n) is 2.90. The van der Waals surface area contributed by atoms with Gasteiger partial charge in [0.05, 0.1) is 5.69 Å². The van der Waals surface area contributed by atoms with Crippen LogP contribution in [0.15, 0.2) is 35.5 Å². The Bertz CT molecular complexity index is 733. The maximum Gasteiger partial charge on any atom is 0.414 e. The van der Waals surface area contributed by atoms with Gasteiger partial charge in [0.25, 0.3) is 0 Å². The highest BCUT2D eigenvalue weighted by molar-refractivity contribution is 7.99. The first-order valence-electron chi connectivity index (χ1n) is 8.84. The lowest BCUT2D eigenvalue weighted by atomic mass is 9.88. The number of carbonyl (C=O) groups is 2. The monoisotopic (exact) mass is 392 g/mol. The number of carboxylic acid groups (broad SMARTS) is 2. The summed E-state index contributed by atoms with van der Waals surface area (Å²) in [5.41, 5.74) is 6.69. The number of hydrogen-bond acceptors (Lipinski definition) is 6. The number of benzene rings is 1. The molecule has 1 fully saturated rings. The van der Waals surface area contributed by atoms with Crippen LogP contribution in [0.2, 0.25) is 0 Å². The molecule has 0 bridgehead atoms. The molecule has 1 aromatic heterocycles. The summed E-state index contributed by atoms with van der Waals surface area (Å²) in [6.45, 7) is 0.656.